The van der Waals surface area contributed by atoms with Crippen molar-refractivity contribution in [2.75, 3.05) is 25.1 Å². The Morgan fingerprint density at radius 1 is 1.55 bits per heavy atom. The molecule has 1 unspecified atom stereocenters. The van der Waals surface area contributed by atoms with Gasteiger partial charge in [-0.3, -0.25) is 9.59 Å². The van der Waals surface area contributed by atoms with Crippen LogP contribution in [0.5, 0.6) is 0 Å². The molecule has 0 bridgehead atoms. The van der Waals surface area contributed by atoms with E-state index in [2.05, 4.69) is 5.32 Å². The molecule has 0 radical (unpaired) electrons. The van der Waals surface area contributed by atoms with Gasteiger partial charge in [-0.1, -0.05) is 0 Å². The average molecular weight is 301 g/mol. The lowest BCUT2D eigenvalue weighted by Gasteiger charge is -2.21. The van der Waals surface area contributed by atoms with E-state index in [0.29, 0.717) is 6.42 Å². The van der Waals surface area contributed by atoms with Gasteiger partial charge in [0.25, 0.3) is 5.91 Å². The zero-order valence-electron chi connectivity index (χ0n) is 10.9. The first-order valence-corrected chi connectivity index (χ1v) is 7.61. The largest absolute Gasteiger partial charge is 0.480 e. The van der Waals surface area contributed by atoms with Crippen LogP contribution in [0.15, 0.2) is 11.8 Å². The first kappa shape index (κ1) is 16.0. The molecule has 0 spiro atoms. The number of aliphatic carboxylic acids is 1. The topological polar surface area (TPSA) is 128 Å². The lowest BCUT2D eigenvalue weighted by molar-refractivity contribution is -0.137. The number of amides is 1. The fourth-order valence-corrected chi connectivity index (χ4v) is 3.58. The van der Waals surface area contributed by atoms with Crippen molar-refractivity contribution in [2.24, 2.45) is 0 Å². The Hall–Kier alpha value is -2.08. The minimum Gasteiger partial charge on any atom is -0.480 e. The van der Waals surface area contributed by atoms with Crippen molar-refractivity contribution in [2.45, 2.75) is 12.5 Å². The second kappa shape index (κ2) is 6.38. The van der Waals surface area contributed by atoms with E-state index in [4.69, 9.17) is 10.4 Å². The Morgan fingerprint density at radius 2 is 2.20 bits per heavy atom. The van der Waals surface area contributed by atoms with Crippen LogP contribution < -0.4 is 5.32 Å². The Balaban J connectivity index is 2.72. The number of carbonyl (C=O) groups is 2. The van der Waals surface area contributed by atoms with Gasteiger partial charge in [0.2, 0.25) is 0 Å². The summed E-state index contributed by atoms with van der Waals surface area (Å²) in [6.07, 6.45) is 1.67. The van der Waals surface area contributed by atoms with Gasteiger partial charge >= 0.3 is 5.97 Å². The van der Waals surface area contributed by atoms with Crippen molar-refractivity contribution in [3.8, 4) is 6.07 Å². The van der Waals surface area contributed by atoms with Crippen LogP contribution in [0.1, 0.15) is 6.42 Å². The molecule has 0 aromatic carbocycles. The molecule has 1 amide bonds. The molecule has 1 heterocycles. The fourth-order valence-electron chi connectivity index (χ4n) is 1.80. The Kier molecular flexibility index (Phi) is 5.10. The van der Waals surface area contributed by atoms with Crippen LogP contribution in [-0.4, -0.2) is 61.4 Å². The summed E-state index contributed by atoms with van der Waals surface area (Å²) in [7, 11) is -1.48. The highest BCUT2D eigenvalue weighted by molar-refractivity contribution is 7.91. The van der Waals surface area contributed by atoms with Crippen LogP contribution in [-0.2, 0) is 19.4 Å². The summed E-state index contributed by atoms with van der Waals surface area (Å²) in [6.45, 7) is -0.584. The summed E-state index contributed by atoms with van der Waals surface area (Å²) in [5, 5.41) is 19.4. The molecule has 110 valence electrons. The minimum absolute atomic E-state index is 0.0184. The summed E-state index contributed by atoms with van der Waals surface area (Å²) < 4.78 is 22.7. The SMILES string of the molecule is CN(/C=C(/C#N)C(=O)NCC(=O)O)C1CCS(=O)(=O)C1. The van der Waals surface area contributed by atoms with Gasteiger partial charge in [-0.25, -0.2) is 8.42 Å². The van der Waals surface area contributed by atoms with E-state index in [9.17, 15) is 18.0 Å². The highest BCUT2D eigenvalue weighted by Crippen LogP contribution is 2.17. The van der Waals surface area contributed by atoms with Gasteiger partial charge in [-0.2, -0.15) is 5.26 Å². The average Bonchev–Trinajstić information content (AvgIpc) is 2.73. The number of carboxylic acid groups (broad SMARTS) is 1. The number of rotatable bonds is 5. The number of nitriles is 1. The van der Waals surface area contributed by atoms with Crippen molar-refractivity contribution in [3.63, 3.8) is 0 Å². The molecule has 0 aromatic heterocycles. The maximum atomic E-state index is 11.5. The number of hydrogen-bond donors (Lipinski definition) is 2. The zero-order chi connectivity index (χ0) is 15.3. The lowest BCUT2D eigenvalue weighted by Crippen LogP contribution is -2.33. The molecule has 8 nitrogen and oxygen atoms in total. The third-order valence-electron chi connectivity index (χ3n) is 2.88. The van der Waals surface area contributed by atoms with E-state index in [-0.39, 0.29) is 23.1 Å². The molecular formula is C11H15N3O5S. The van der Waals surface area contributed by atoms with Crippen LogP contribution in [0, 0.1) is 11.3 Å². The molecule has 1 aliphatic heterocycles. The smallest absolute Gasteiger partial charge is 0.322 e. The number of hydrogen-bond acceptors (Lipinski definition) is 6. The van der Waals surface area contributed by atoms with Crippen molar-refractivity contribution < 1.29 is 23.1 Å². The monoisotopic (exact) mass is 301 g/mol. The molecule has 1 saturated heterocycles. The molecule has 1 fully saturated rings. The maximum Gasteiger partial charge on any atom is 0.322 e. The van der Waals surface area contributed by atoms with E-state index in [1.165, 1.54) is 11.1 Å². The Morgan fingerprint density at radius 3 is 2.65 bits per heavy atom. The fraction of sp³-hybridized carbons (Fsp3) is 0.545. The summed E-state index contributed by atoms with van der Waals surface area (Å²) in [4.78, 5) is 23.4. The number of carboxylic acids is 1. The van der Waals surface area contributed by atoms with Crippen molar-refractivity contribution in [1.82, 2.24) is 10.2 Å². The Bertz CT molecular complexity index is 575. The zero-order valence-corrected chi connectivity index (χ0v) is 11.7. The number of carbonyl (C=O) groups excluding carboxylic acids is 1. The molecule has 1 aliphatic rings. The van der Waals surface area contributed by atoms with Gasteiger partial charge in [0.15, 0.2) is 9.84 Å². The molecule has 2 N–H and O–H groups in total. The van der Waals surface area contributed by atoms with Gasteiger partial charge < -0.3 is 15.3 Å². The van der Waals surface area contributed by atoms with Crippen LogP contribution in [0.2, 0.25) is 0 Å². The van der Waals surface area contributed by atoms with Gasteiger partial charge in [0.1, 0.15) is 18.2 Å². The molecule has 1 atom stereocenters. The third-order valence-corrected chi connectivity index (χ3v) is 4.63. The van der Waals surface area contributed by atoms with E-state index >= 15 is 0 Å². The highest BCUT2D eigenvalue weighted by Gasteiger charge is 2.30. The second-order valence-electron chi connectivity index (χ2n) is 4.45. The second-order valence-corrected chi connectivity index (χ2v) is 6.68. The van der Waals surface area contributed by atoms with Crippen molar-refractivity contribution in [1.29, 1.82) is 5.26 Å². The standard InChI is InChI=1S/C11H15N3O5S/c1-14(9-2-3-20(18,19)7-9)6-8(4-12)11(17)13-5-10(15)16/h6,9H,2-3,5,7H2,1H3,(H,13,17)(H,15,16)/b8-6-. The van der Waals surface area contributed by atoms with E-state index in [0.717, 1.165) is 0 Å². The predicted molar refractivity (Wildman–Crippen MR) is 69.2 cm³/mol. The summed E-state index contributed by atoms with van der Waals surface area (Å²) in [5.74, 6) is -1.95. The summed E-state index contributed by atoms with van der Waals surface area (Å²) in [6, 6.07) is 1.38. The summed E-state index contributed by atoms with van der Waals surface area (Å²) in [5.41, 5.74) is -0.266. The van der Waals surface area contributed by atoms with Crippen molar-refractivity contribution in [3.05, 3.63) is 11.8 Å². The first-order chi connectivity index (χ1) is 9.25. The van der Waals surface area contributed by atoms with Crippen molar-refractivity contribution >= 4 is 21.7 Å². The normalized spacial score (nSPS) is 21.0. The number of sulfone groups is 1. The van der Waals surface area contributed by atoms with Gasteiger partial charge in [-0.15, -0.1) is 0 Å². The molecule has 20 heavy (non-hydrogen) atoms. The maximum absolute atomic E-state index is 11.5. The van der Waals surface area contributed by atoms with Crippen LogP contribution in [0.25, 0.3) is 0 Å². The Labute approximate surface area is 116 Å². The van der Waals surface area contributed by atoms with E-state index in [1.54, 1.807) is 13.1 Å². The molecular weight excluding hydrogens is 286 g/mol. The molecule has 1 rings (SSSR count). The molecule has 0 aliphatic carbocycles. The van der Waals surface area contributed by atoms with Crippen LogP contribution >= 0.6 is 0 Å². The molecule has 0 aromatic rings. The lowest BCUT2D eigenvalue weighted by atomic mass is 10.2. The summed E-state index contributed by atoms with van der Waals surface area (Å²) >= 11 is 0. The number of nitrogens with one attached hydrogen (secondary N) is 1. The third kappa shape index (κ3) is 4.55. The van der Waals surface area contributed by atoms with Gasteiger partial charge in [0, 0.05) is 19.3 Å². The number of nitrogens with zero attached hydrogens (tertiary/aromatic N) is 2. The van der Waals surface area contributed by atoms with Crippen LogP contribution in [0.4, 0.5) is 0 Å². The van der Waals surface area contributed by atoms with E-state index < -0.39 is 28.3 Å². The van der Waals surface area contributed by atoms with Gasteiger partial charge in [-0.05, 0) is 6.42 Å². The first-order valence-electron chi connectivity index (χ1n) is 5.79. The van der Waals surface area contributed by atoms with Gasteiger partial charge in [0.05, 0.1) is 11.5 Å². The minimum atomic E-state index is -3.06. The molecule has 9 heteroatoms. The molecule has 0 saturated carbocycles. The van der Waals surface area contributed by atoms with E-state index in [1.807, 2.05) is 0 Å². The quantitative estimate of drug-likeness (QED) is 0.478. The van der Waals surface area contributed by atoms with Crippen LogP contribution in [0.3, 0.4) is 0 Å². The predicted octanol–water partition coefficient (Wildman–Crippen LogP) is -1.29. The highest BCUT2D eigenvalue weighted by atomic mass is 32.2.